The van der Waals surface area contributed by atoms with E-state index in [1.165, 1.54) is 0 Å². The molecule has 3 nitrogen and oxygen atoms in total. The summed E-state index contributed by atoms with van der Waals surface area (Å²) >= 11 is 1.76. The largest absolute Gasteiger partial charge is 0.481 e. The van der Waals surface area contributed by atoms with Gasteiger partial charge in [-0.25, -0.2) is 0 Å². The van der Waals surface area contributed by atoms with Gasteiger partial charge in [-0.1, -0.05) is 24.6 Å². The summed E-state index contributed by atoms with van der Waals surface area (Å²) in [4.78, 5) is 12.7. The van der Waals surface area contributed by atoms with Crippen LogP contribution in [-0.2, 0) is 14.9 Å². The number of hydrogen-bond acceptors (Lipinski definition) is 3. The zero-order valence-electron chi connectivity index (χ0n) is 10.1. The van der Waals surface area contributed by atoms with Crippen LogP contribution < -0.4 is 0 Å². The Bertz CT molecular complexity index is 464. The third-order valence-corrected chi connectivity index (χ3v) is 5.14. The van der Waals surface area contributed by atoms with Crippen LogP contribution in [0.25, 0.3) is 0 Å². The van der Waals surface area contributed by atoms with Gasteiger partial charge in [0.25, 0.3) is 0 Å². The third kappa shape index (κ3) is 1.84. The van der Waals surface area contributed by atoms with E-state index in [0.29, 0.717) is 5.25 Å². The first kappa shape index (κ1) is 12.1. The molecule has 1 aromatic carbocycles. The molecule has 2 aliphatic rings. The van der Waals surface area contributed by atoms with E-state index in [2.05, 4.69) is 0 Å². The Labute approximate surface area is 111 Å². The summed E-state index contributed by atoms with van der Waals surface area (Å²) in [5.74, 6) is -0.674. The number of ether oxygens (including phenoxy) is 1. The van der Waals surface area contributed by atoms with Gasteiger partial charge in [0.05, 0.1) is 23.9 Å². The van der Waals surface area contributed by atoms with Crippen LogP contribution in [0.2, 0.25) is 0 Å². The molecule has 4 heteroatoms. The fourth-order valence-corrected chi connectivity index (χ4v) is 3.79. The van der Waals surface area contributed by atoms with E-state index in [9.17, 15) is 9.90 Å². The fraction of sp³-hybridized carbons (Fsp3) is 0.500. The lowest BCUT2D eigenvalue weighted by Crippen LogP contribution is -2.43. The smallest absolute Gasteiger partial charge is 0.314 e. The first-order valence-corrected chi connectivity index (χ1v) is 7.18. The van der Waals surface area contributed by atoms with E-state index >= 15 is 0 Å². The molecule has 96 valence electrons. The highest BCUT2D eigenvalue weighted by molar-refractivity contribution is 8.00. The van der Waals surface area contributed by atoms with Crippen molar-refractivity contribution >= 4 is 17.7 Å². The van der Waals surface area contributed by atoms with Crippen LogP contribution in [0.4, 0.5) is 0 Å². The number of carbonyl (C=O) groups is 1. The predicted molar refractivity (Wildman–Crippen MR) is 70.1 cm³/mol. The number of carboxylic acids is 1. The van der Waals surface area contributed by atoms with E-state index in [0.717, 1.165) is 42.9 Å². The molecule has 0 amide bonds. The van der Waals surface area contributed by atoms with Crippen LogP contribution >= 0.6 is 11.8 Å². The van der Waals surface area contributed by atoms with Crippen LogP contribution in [-0.4, -0.2) is 29.5 Å². The van der Waals surface area contributed by atoms with Gasteiger partial charge in [-0.15, -0.1) is 11.8 Å². The Hall–Kier alpha value is -1.00. The van der Waals surface area contributed by atoms with Gasteiger partial charge in [-0.3, -0.25) is 4.79 Å². The molecule has 1 saturated carbocycles. The van der Waals surface area contributed by atoms with E-state index < -0.39 is 11.4 Å². The molecule has 0 bridgehead atoms. The molecule has 1 N–H and O–H groups in total. The van der Waals surface area contributed by atoms with Gasteiger partial charge >= 0.3 is 5.97 Å². The van der Waals surface area contributed by atoms with Gasteiger partial charge in [0.15, 0.2) is 0 Å². The summed E-state index contributed by atoms with van der Waals surface area (Å²) < 4.78 is 5.18. The maximum absolute atomic E-state index is 11.6. The molecule has 1 aliphatic heterocycles. The van der Waals surface area contributed by atoms with Crippen LogP contribution in [0.15, 0.2) is 29.2 Å². The van der Waals surface area contributed by atoms with Crippen molar-refractivity contribution in [2.24, 2.45) is 0 Å². The standard InChI is InChI=1S/C14H16O3S/c15-13(16)14(6-3-7-14)11-4-1-2-5-12(11)18-10-8-17-9-10/h1-2,4-5,10H,3,6-9H2,(H,15,16). The number of hydrogen-bond donors (Lipinski definition) is 1. The number of thioether (sulfide) groups is 1. The molecule has 0 atom stereocenters. The van der Waals surface area contributed by atoms with Crippen molar-refractivity contribution in [3.8, 4) is 0 Å². The van der Waals surface area contributed by atoms with Gasteiger partial charge in [0.2, 0.25) is 0 Å². The first-order valence-electron chi connectivity index (χ1n) is 6.30. The Morgan fingerprint density at radius 3 is 2.56 bits per heavy atom. The molecule has 1 aromatic rings. The van der Waals surface area contributed by atoms with Crippen molar-refractivity contribution in [2.45, 2.75) is 34.8 Å². The summed E-state index contributed by atoms with van der Waals surface area (Å²) in [6, 6.07) is 7.95. The molecule has 0 unspecified atom stereocenters. The Morgan fingerprint density at radius 1 is 1.33 bits per heavy atom. The number of aliphatic carboxylic acids is 1. The number of rotatable bonds is 4. The lowest BCUT2D eigenvalue weighted by atomic mass is 9.64. The van der Waals surface area contributed by atoms with Crippen molar-refractivity contribution in [2.75, 3.05) is 13.2 Å². The zero-order chi connectivity index (χ0) is 12.6. The summed E-state index contributed by atoms with van der Waals surface area (Å²) in [6.07, 6.45) is 2.54. The third-order valence-electron chi connectivity index (χ3n) is 3.92. The van der Waals surface area contributed by atoms with Gasteiger partial charge < -0.3 is 9.84 Å². The molecule has 3 rings (SSSR count). The quantitative estimate of drug-likeness (QED) is 0.908. The highest BCUT2D eigenvalue weighted by Crippen LogP contribution is 2.48. The number of benzene rings is 1. The summed E-state index contributed by atoms with van der Waals surface area (Å²) in [5.41, 5.74) is 0.370. The topological polar surface area (TPSA) is 46.5 Å². The minimum atomic E-state index is -0.674. The van der Waals surface area contributed by atoms with E-state index in [1.807, 2.05) is 24.3 Å². The second-order valence-corrected chi connectivity index (χ2v) is 6.36. The van der Waals surface area contributed by atoms with Crippen LogP contribution in [0.3, 0.4) is 0 Å². The van der Waals surface area contributed by atoms with Crippen molar-refractivity contribution in [1.29, 1.82) is 0 Å². The van der Waals surface area contributed by atoms with Crippen LogP contribution in [0, 0.1) is 0 Å². The second kappa shape index (κ2) is 4.59. The van der Waals surface area contributed by atoms with Gasteiger partial charge in [-0.05, 0) is 24.5 Å². The lowest BCUT2D eigenvalue weighted by Gasteiger charge is -2.39. The van der Waals surface area contributed by atoms with Crippen molar-refractivity contribution in [1.82, 2.24) is 0 Å². The molecule has 0 spiro atoms. The van der Waals surface area contributed by atoms with Gasteiger partial charge in [-0.2, -0.15) is 0 Å². The molecule has 2 fully saturated rings. The van der Waals surface area contributed by atoms with Crippen molar-refractivity contribution in [3.63, 3.8) is 0 Å². The van der Waals surface area contributed by atoms with Crippen molar-refractivity contribution < 1.29 is 14.6 Å². The second-order valence-electron chi connectivity index (χ2n) is 5.01. The van der Waals surface area contributed by atoms with E-state index in [4.69, 9.17) is 4.74 Å². The zero-order valence-corrected chi connectivity index (χ0v) is 10.9. The first-order chi connectivity index (χ1) is 8.72. The average molecular weight is 264 g/mol. The van der Waals surface area contributed by atoms with E-state index in [1.54, 1.807) is 11.8 Å². The van der Waals surface area contributed by atoms with E-state index in [-0.39, 0.29) is 0 Å². The fourth-order valence-electron chi connectivity index (χ4n) is 2.56. The SMILES string of the molecule is O=C(O)C1(c2ccccc2SC2COC2)CCC1. The molecule has 18 heavy (non-hydrogen) atoms. The van der Waals surface area contributed by atoms with Gasteiger partial charge in [0, 0.05) is 4.90 Å². The summed E-state index contributed by atoms with van der Waals surface area (Å²) in [7, 11) is 0. The summed E-state index contributed by atoms with van der Waals surface area (Å²) in [5, 5.41) is 10.0. The van der Waals surface area contributed by atoms with Crippen LogP contribution in [0.5, 0.6) is 0 Å². The molecular formula is C14H16O3S. The average Bonchev–Trinajstić information content (AvgIpc) is 2.23. The Morgan fingerprint density at radius 2 is 2.06 bits per heavy atom. The highest BCUT2D eigenvalue weighted by Gasteiger charge is 2.47. The molecule has 0 radical (unpaired) electrons. The normalized spacial score (nSPS) is 22.0. The monoisotopic (exact) mass is 264 g/mol. The minimum Gasteiger partial charge on any atom is -0.481 e. The molecule has 1 heterocycles. The minimum absolute atomic E-state index is 0.483. The predicted octanol–water partition coefficient (Wildman–Crippen LogP) is 2.68. The molecule has 1 saturated heterocycles. The van der Waals surface area contributed by atoms with Crippen molar-refractivity contribution in [3.05, 3.63) is 29.8 Å². The molecule has 1 aliphatic carbocycles. The van der Waals surface area contributed by atoms with Crippen LogP contribution in [0.1, 0.15) is 24.8 Å². The Kier molecular flexibility index (Phi) is 3.08. The Balaban J connectivity index is 1.92. The summed E-state index contributed by atoms with van der Waals surface area (Å²) in [6.45, 7) is 1.55. The maximum atomic E-state index is 11.6. The number of carboxylic acid groups (broad SMARTS) is 1. The molecular weight excluding hydrogens is 248 g/mol. The lowest BCUT2D eigenvalue weighted by molar-refractivity contribution is -0.147. The highest BCUT2D eigenvalue weighted by atomic mass is 32.2. The molecule has 0 aromatic heterocycles. The maximum Gasteiger partial charge on any atom is 0.314 e. The van der Waals surface area contributed by atoms with Gasteiger partial charge in [0.1, 0.15) is 0 Å².